The van der Waals surface area contributed by atoms with E-state index in [1.165, 1.54) is 22.3 Å². The minimum absolute atomic E-state index is 0.937. The molecule has 0 aliphatic heterocycles. The van der Waals surface area contributed by atoms with E-state index in [1.54, 1.807) is 0 Å². The SMILES string of the molecule is c1ccc(-c2ccc(-c3cc(-c4cnc5ccccc5c4)cc(-c4ccc(-c5ccccc5)cc4)n3)cc2)cc1. The Kier molecular flexibility index (Phi) is 6.20. The molecule has 0 radical (unpaired) electrons. The number of hydrogen-bond acceptors (Lipinski definition) is 2. The molecule has 0 spiro atoms. The summed E-state index contributed by atoms with van der Waals surface area (Å²) >= 11 is 0. The van der Waals surface area contributed by atoms with E-state index in [0.717, 1.165) is 44.5 Å². The number of fused-ring (bicyclic) bond motifs is 1. The predicted octanol–water partition coefficient (Wildman–Crippen LogP) is 9.96. The van der Waals surface area contributed by atoms with Gasteiger partial charge in [-0.2, -0.15) is 0 Å². The van der Waals surface area contributed by atoms with E-state index in [2.05, 4.69) is 127 Å². The van der Waals surface area contributed by atoms with E-state index in [9.17, 15) is 0 Å². The van der Waals surface area contributed by atoms with E-state index < -0.39 is 0 Å². The number of hydrogen-bond donors (Lipinski definition) is 0. The van der Waals surface area contributed by atoms with Gasteiger partial charge in [0.2, 0.25) is 0 Å². The van der Waals surface area contributed by atoms with Crippen molar-refractivity contribution in [3.63, 3.8) is 0 Å². The highest BCUT2D eigenvalue weighted by atomic mass is 14.7. The Balaban J connectivity index is 1.33. The van der Waals surface area contributed by atoms with Crippen LogP contribution in [0.3, 0.4) is 0 Å². The van der Waals surface area contributed by atoms with Crippen molar-refractivity contribution in [3.8, 4) is 55.9 Å². The molecule has 0 saturated carbocycles. The van der Waals surface area contributed by atoms with Crippen molar-refractivity contribution in [2.75, 3.05) is 0 Å². The summed E-state index contributed by atoms with van der Waals surface area (Å²) in [6.45, 7) is 0. The monoisotopic (exact) mass is 510 g/mol. The average molecular weight is 511 g/mol. The maximum atomic E-state index is 5.15. The van der Waals surface area contributed by atoms with Crippen molar-refractivity contribution in [1.82, 2.24) is 9.97 Å². The molecular weight excluding hydrogens is 484 g/mol. The second-order valence-electron chi connectivity index (χ2n) is 9.93. The van der Waals surface area contributed by atoms with Crippen molar-refractivity contribution in [2.24, 2.45) is 0 Å². The van der Waals surface area contributed by atoms with Crippen LogP contribution < -0.4 is 0 Å². The van der Waals surface area contributed by atoms with Gasteiger partial charge >= 0.3 is 0 Å². The summed E-state index contributed by atoms with van der Waals surface area (Å²) in [5.74, 6) is 0. The molecule has 0 aliphatic carbocycles. The van der Waals surface area contributed by atoms with Crippen molar-refractivity contribution >= 4 is 10.9 Å². The van der Waals surface area contributed by atoms with Crippen molar-refractivity contribution in [1.29, 1.82) is 0 Å². The van der Waals surface area contributed by atoms with E-state index >= 15 is 0 Å². The normalized spacial score (nSPS) is 11.0. The summed E-state index contributed by atoms with van der Waals surface area (Å²) in [4.78, 5) is 9.88. The lowest BCUT2D eigenvalue weighted by Gasteiger charge is -2.12. The van der Waals surface area contributed by atoms with Crippen LogP contribution in [-0.2, 0) is 0 Å². The van der Waals surface area contributed by atoms with Crippen LogP contribution in [0.2, 0.25) is 0 Å². The summed E-state index contributed by atoms with van der Waals surface area (Å²) < 4.78 is 0. The first-order valence-corrected chi connectivity index (χ1v) is 13.5. The zero-order valence-corrected chi connectivity index (χ0v) is 21.9. The molecule has 0 bridgehead atoms. The third-order valence-corrected chi connectivity index (χ3v) is 7.32. The number of pyridine rings is 2. The second-order valence-corrected chi connectivity index (χ2v) is 9.93. The molecule has 2 heteroatoms. The highest BCUT2D eigenvalue weighted by Gasteiger charge is 2.11. The van der Waals surface area contributed by atoms with E-state index in [-0.39, 0.29) is 0 Å². The lowest BCUT2D eigenvalue weighted by atomic mass is 9.97. The number of aromatic nitrogens is 2. The summed E-state index contributed by atoms with van der Waals surface area (Å²) in [7, 11) is 0. The lowest BCUT2D eigenvalue weighted by Crippen LogP contribution is -1.92. The molecule has 0 aliphatic rings. The predicted molar refractivity (Wildman–Crippen MR) is 167 cm³/mol. The van der Waals surface area contributed by atoms with Crippen LogP contribution in [0.4, 0.5) is 0 Å². The second kappa shape index (κ2) is 10.4. The van der Waals surface area contributed by atoms with Crippen LogP contribution in [0.15, 0.2) is 158 Å². The Morgan fingerprint density at radius 3 is 1.32 bits per heavy atom. The minimum atomic E-state index is 0.937. The molecule has 40 heavy (non-hydrogen) atoms. The zero-order chi connectivity index (χ0) is 26.7. The summed E-state index contributed by atoms with van der Waals surface area (Å²) in [5.41, 5.74) is 12.0. The average Bonchev–Trinajstić information content (AvgIpc) is 3.05. The van der Waals surface area contributed by atoms with Gasteiger partial charge in [0, 0.05) is 28.3 Å². The maximum absolute atomic E-state index is 5.15. The standard InChI is InChI=1S/C38H26N2/c1-3-9-27(10-4-1)29-15-19-31(20-16-29)37-24-34(35-23-33-13-7-8-14-36(33)39-26-35)25-38(40-37)32-21-17-30(18-22-32)28-11-5-2-6-12-28/h1-26H. The van der Waals surface area contributed by atoms with Crippen LogP contribution in [0, 0.1) is 0 Å². The van der Waals surface area contributed by atoms with Crippen LogP contribution in [0.5, 0.6) is 0 Å². The molecule has 5 aromatic carbocycles. The summed E-state index contributed by atoms with van der Waals surface area (Å²) in [6, 6.07) is 53.0. The van der Waals surface area contributed by atoms with Gasteiger partial charge in [0.15, 0.2) is 0 Å². The van der Waals surface area contributed by atoms with Crippen LogP contribution in [0.1, 0.15) is 0 Å². The molecule has 0 unspecified atom stereocenters. The summed E-state index contributed by atoms with van der Waals surface area (Å²) in [6.07, 6.45) is 1.96. The lowest BCUT2D eigenvalue weighted by molar-refractivity contribution is 1.32. The van der Waals surface area contributed by atoms with Gasteiger partial charge < -0.3 is 0 Å². The first-order chi connectivity index (χ1) is 19.8. The molecular formula is C38H26N2. The van der Waals surface area contributed by atoms with Gasteiger partial charge in [0.25, 0.3) is 0 Å². The molecule has 7 aromatic rings. The van der Waals surface area contributed by atoms with Crippen molar-refractivity contribution in [2.45, 2.75) is 0 Å². The quantitative estimate of drug-likeness (QED) is 0.230. The third-order valence-electron chi connectivity index (χ3n) is 7.32. The Hall–Kier alpha value is -5.34. The van der Waals surface area contributed by atoms with E-state index in [4.69, 9.17) is 9.97 Å². The largest absolute Gasteiger partial charge is 0.256 e. The number of para-hydroxylation sites is 1. The molecule has 0 atom stereocenters. The topological polar surface area (TPSA) is 25.8 Å². The highest BCUT2D eigenvalue weighted by Crippen LogP contribution is 2.33. The molecule has 0 saturated heterocycles. The number of nitrogens with zero attached hydrogens (tertiary/aromatic N) is 2. The zero-order valence-electron chi connectivity index (χ0n) is 21.9. The molecule has 2 heterocycles. The number of benzene rings is 5. The van der Waals surface area contributed by atoms with Crippen LogP contribution >= 0.6 is 0 Å². The fourth-order valence-corrected chi connectivity index (χ4v) is 5.15. The van der Waals surface area contributed by atoms with Gasteiger partial charge in [-0.3, -0.25) is 4.98 Å². The van der Waals surface area contributed by atoms with Gasteiger partial charge in [0.05, 0.1) is 16.9 Å². The third kappa shape index (κ3) is 4.79. The smallest absolute Gasteiger partial charge is 0.0715 e. The molecule has 2 nitrogen and oxygen atoms in total. The molecule has 2 aromatic heterocycles. The molecule has 0 amide bonds. The molecule has 0 fully saturated rings. The van der Waals surface area contributed by atoms with Gasteiger partial charge in [0.1, 0.15) is 0 Å². The molecule has 188 valence electrons. The Morgan fingerprint density at radius 1 is 0.325 bits per heavy atom. The van der Waals surface area contributed by atoms with Gasteiger partial charge in [-0.1, -0.05) is 127 Å². The number of rotatable bonds is 5. The minimum Gasteiger partial charge on any atom is -0.256 e. The Morgan fingerprint density at radius 2 is 0.775 bits per heavy atom. The van der Waals surface area contributed by atoms with Crippen LogP contribution in [0.25, 0.3) is 66.8 Å². The van der Waals surface area contributed by atoms with Gasteiger partial charge in [-0.25, -0.2) is 4.98 Å². The van der Waals surface area contributed by atoms with Gasteiger partial charge in [-0.05, 0) is 52.1 Å². The van der Waals surface area contributed by atoms with E-state index in [1.807, 2.05) is 30.5 Å². The first kappa shape index (κ1) is 23.8. The van der Waals surface area contributed by atoms with Gasteiger partial charge in [-0.15, -0.1) is 0 Å². The van der Waals surface area contributed by atoms with Crippen LogP contribution in [-0.4, -0.2) is 9.97 Å². The molecule has 0 N–H and O–H groups in total. The Bertz CT molecular complexity index is 1810. The fraction of sp³-hybridized carbons (Fsp3) is 0. The maximum Gasteiger partial charge on any atom is 0.0715 e. The summed E-state index contributed by atoms with van der Waals surface area (Å²) in [5, 5.41) is 1.12. The van der Waals surface area contributed by atoms with E-state index in [0.29, 0.717) is 0 Å². The Labute approximate surface area is 234 Å². The molecule has 7 rings (SSSR count). The van der Waals surface area contributed by atoms with Crippen molar-refractivity contribution in [3.05, 3.63) is 158 Å². The highest BCUT2D eigenvalue weighted by molar-refractivity contribution is 5.85. The fourth-order valence-electron chi connectivity index (χ4n) is 5.15. The first-order valence-electron chi connectivity index (χ1n) is 13.5. The van der Waals surface area contributed by atoms with Crippen molar-refractivity contribution < 1.29 is 0 Å².